The highest BCUT2D eigenvalue weighted by atomic mass is 19.4. The number of aryl methyl sites for hydroxylation is 1. The normalized spacial score (nSPS) is 18.2. The van der Waals surface area contributed by atoms with Crippen LogP contribution in [0.5, 0.6) is 0 Å². The SMILES string of the molecule is Cn1ccc(C(=O)NC2CCCN(c3ccc(C(F)(F)F)nc3)C2)n1. The summed E-state index contributed by atoms with van der Waals surface area (Å²) in [5, 5.41) is 6.99. The quantitative estimate of drug-likeness (QED) is 0.919. The molecule has 2 aromatic rings. The number of alkyl halides is 3. The van der Waals surface area contributed by atoms with Crippen molar-refractivity contribution in [1.82, 2.24) is 20.1 Å². The molecule has 1 fully saturated rings. The lowest BCUT2D eigenvalue weighted by Gasteiger charge is -2.34. The fourth-order valence-electron chi connectivity index (χ4n) is 2.87. The highest BCUT2D eigenvalue weighted by Crippen LogP contribution is 2.29. The molecule has 1 N–H and O–H groups in total. The van der Waals surface area contributed by atoms with Crippen molar-refractivity contribution in [3.8, 4) is 0 Å². The molecule has 0 aliphatic carbocycles. The van der Waals surface area contributed by atoms with E-state index in [1.807, 2.05) is 4.90 Å². The maximum Gasteiger partial charge on any atom is 0.433 e. The Bertz CT molecular complexity index is 741. The van der Waals surface area contributed by atoms with E-state index in [1.54, 1.807) is 24.0 Å². The lowest BCUT2D eigenvalue weighted by molar-refractivity contribution is -0.141. The van der Waals surface area contributed by atoms with Crippen LogP contribution < -0.4 is 10.2 Å². The summed E-state index contributed by atoms with van der Waals surface area (Å²) >= 11 is 0. The van der Waals surface area contributed by atoms with Crippen molar-refractivity contribution in [3.63, 3.8) is 0 Å². The van der Waals surface area contributed by atoms with Gasteiger partial charge in [0.25, 0.3) is 5.91 Å². The Morgan fingerprint density at radius 1 is 1.32 bits per heavy atom. The van der Waals surface area contributed by atoms with Gasteiger partial charge in [0, 0.05) is 32.4 Å². The molecule has 0 saturated carbocycles. The van der Waals surface area contributed by atoms with E-state index >= 15 is 0 Å². The topological polar surface area (TPSA) is 63.1 Å². The number of nitrogens with one attached hydrogen (secondary N) is 1. The number of aromatic nitrogens is 3. The molecule has 25 heavy (non-hydrogen) atoms. The highest BCUT2D eigenvalue weighted by molar-refractivity contribution is 5.92. The lowest BCUT2D eigenvalue weighted by Crippen LogP contribution is -2.48. The fraction of sp³-hybridized carbons (Fsp3) is 0.438. The third kappa shape index (κ3) is 4.09. The predicted molar refractivity (Wildman–Crippen MR) is 85.1 cm³/mol. The minimum absolute atomic E-state index is 0.0921. The maximum absolute atomic E-state index is 12.6. The van der Waals surface area contributed by atoms with E-state index in [0.29, 0.717) is 24.5 Å². The molecule has 3 rings (SSSR count). The van der Waals surface area contributed by atoms with Gasteiger partial charge in [0.05, 0.1) is 11.9 Å². The zero-order valence-corrected chi connectivity index (χ0v) is 13.6. The van der Waals surface area contributed by atoms with Crippen molar-refractivity contribution in [2.24, 2.45) is 7.05 Å². The van der Waals surface area contributed by atoms with E-state index in [0.717, 1.165) is 18.9 Å². The zero-order chi connectivity index (χ0) is 18.0. The molecule has 6 nitrogen and oxygen atoms in total. The summed E-state index contributed by atoms with van der Waals surface area (Å²) < 4.78 is 39.3. The van der Waals surface area contributed by atoms with Gasteiger partial charge in [-0.05, 0) is 31.0 Å². The van der Waals surface area contributed by atoms with Gasteiger partial charge >= 0.3 is 6.18 Å². The molecule has 0 spiro atoms. The molecule has 1 saturated heterocycles. The van der Waals surface area contributed by atoms with Crippen molar-refractivity contribution in [2.45, 2.75) is 25.1 Å². The summed E-state index contributed by atoms with van der Waals surface area (Å²) in [7, 11) is 1.73. The first-order valence-corrected chi connectivity index (χ1v) is 7.91. The standard InChI is InChI=1S/C16H18F3N5O/c1-23-8-6-13(22-23)15(25)21-11-3-2-7-24(10-11)12-4-5-14(20-9-12)16(17,18)19/h4-6,8-9,11H,2-3,7,10H2,1H3,(H,21,25). The third-order valence-electron chi connectivity index (χ3n) is 4.11. The minimum atomic E-state index is -4.44. The molecule has 1 aliphatic rings. The van der Waals surface area contributed by atoms with E-state index < -0.39 is 11.9 Å². The van der Waals surface area contributed by atoms with Crippen LogP contribution in [0.4, 0.5) is 18.9 Å². The molecule has 134 valence electrons. The Labute approximate surface area is 142 Å². The number of carbonyl (C=O) groups is 1. The molecular formula is C16H18F3N5O. The zero-order valence-electron chi connectivity index (χ0n) is 13.6. The molecule has 3 heterocycles. The second kappa shape index (κ2) is 6.73. The van der Waals surface area contributed by atoms with Crippen LogP contribution in [0.2, 0.25) is 0 Å². The van der Waals surface area contributed by atoms with Crippen LogP contribution in [0.1, 0.15) is 29.0 Å². The number of carbonyl (C=O) groups excluding carboxylic acids is 1. The average Bonchev–Trinajstić information content (AvgIpc) is 3.01. The number of hydrogen-bond acceptors (Lipinski definition) is 4. The van der Waals surface area contributed by atoms with Crippen LogP contribution in [0.25, 0.3) is 0 Å². The van der Waals surface area contributed by atoms with Crippen LogP contribution in [0.15, 0.2) is 30.6 Å². The summed E-state index contributed by atoms with van der Waals surface area (Å²) in [4.78, 5) is 17.6. The maximum atomic E-state index is 12.6. The Kier molecular flexibility index (Phi) is 4.65. The first kappa shape index (κ1) is 17.2. The number of anilines is 1. The Morgan fingerprint density at radius 2 is 2.12 bits per heavy atom. The number of hydrogen-bond donors (Lipinski definition) is 1. The molecule has 1 unspecified atom stereocenters. The van der Waals surface area contributed by atoms with Crippen molar-refractivity contribution in [1.29, 1.82) is 0 Å². The number of nitrogens with zero attached hydrogens (tertiary/aromatic N) is 4. The van der Waals surface area contributed by atoms with Gasteiger partial charge in [-0.2, -0.15) is 18.3 Å². The fourth-order valence-corrected chi connectivity index (χ4v) is 2.87. The van der Waals surface area contributed by atoms with Crippen LogP contribution in [0.3, 0.4) is 0 Å². The monoisotopic (exact) mass is 353 g/mol. The van der Waals surface area contributed by atoms with Gasteiger partial charge in [-0.15, -0.1) is 0 Å². The van der Waals surface area contributed by atoms with Crippen LogP contribution in [-0.2, 0) is 13.2 Å². The van der Waals surface area contributed by atoms with Crippen LogP contribution in [-0.4, -0.2) is 39.8 Å². The van der Waals surface area contributed by atoms with E-state index in [9.17, 15) is 18.0 Å². The minimum Gasteiger partial charge on any atom is -0.368 e. The first-order chi connectivity index (χ1) is 11.8. The summed E-state index contributed by atoms with van der Waals surface area (Å²) in [6, 6.07) is 3.94. The summed E-state index contributed by atoms with van der Waals surface area (Å²) in [5.74, 6) is -0.252. The molecule has 9 heteroatoms. The molecule has 1 amide bonds. The van der Waals surface area contributed by atoms with E-state index in [4.69, 9.17) is 0 Å². The Hall–Kier alpha value is -2.58. The van der Waals surface area contributed by atoms with Gasteiger partial charge in [-0.25, -0.2) is 4.98 Å². The number of piperidine rings is 1. The van der Waals surface area contributed by atoms with Crippen LogP contribution >= 0.6 is 0 Å². The van der Waals surface area contributed by atoms with Gasteiger partial charge in [-0.1, -0.05) is 0 Å². The summed E-state index contributed by atoms with van der Waals surface area (Å²) in [6.45, 7) is 1.23. The lowest BCUT2D eigenvalue weighted by atomic mass is 10.0. The molecule has 0 radical (unpaired) electrons. The number of rotatable bonds is 3. The van der Waals surface area contributed by atoms with E-state index in [2.05, 4.69) is 15.4 Å². The molecule has 2 aromatic heterocycles. The largest absolute Gasteiger partial charge is 0.433 e. The second-order valence-electron chi connectivity index (χ2n) is 6.03. The summed E-state index contributed by atoms with van der Waals surface area (Å²) in [5.41, 5.74) is 0.0499. The third-order valence-corrected chi connectivity index (χ3v) is 4.11. The molecular weight excluding hydrogens is 335 g/mol. The second-order valence-corrected chi connectivity index (χ2v) is 6.03. The smallest absolute Gasteiger partial charge is 0.368 e. The van der Waals surface area contributed by atoms with Crippen molar-refractivity contribution in [3.05, 3.63) is 42.0 Å². The number of amides is 1. The first-order valence-electron chi connectivity index (χ1n) is 7.91. The van der Waals surface area contributed by atoms with Crippen molar-refractivity contribution < 1.29 is 18.0 Å². The Morgan fingerprint density at radius 3 is 2.72 bits per heavy atom. The highest BCUT2D eigenvalue weighted by Gasteiger charge is 2.32. The van der Waals surface area contributed by atoms with Gasteiger partial charge in [-0.3, -0.25) is 9.48 Å². The molecule has 0 bridgehead atoms. The van der Waals surface area contributed by atoms with Gasteiger partial charge in [0.15, 0.2) is 0 Å². The van der Waals surface area contributed by atoms with Crippen molar-refractivity contribution >= 4 is 11.6 Å². The number of pyridine rings is 1. The van der Waals surface area contributed by atoms with E-state index in [-0.39, 0.29) is 11.9 Å². The average molecular weight is 353 g/mol. The van der Waals surface area contributed by atoms with Gasteiger partial charge < -0.3 is 10.2 Å². The number of halogens is 3. The Balaban J connectivity index is 1.64. The van der Waals surface area contributed by atoms with Gasteiger partial charge in [0.2, 0.25) is 0 Å². The summed E-state index contributed by atoms with van der Waals surface area (Å²) in [6.07, 6.45) is 0.110. The van der Waals surface area contributed by atoms with Crippen molar-refractivity contribution in [2.75, 3.05) is 18.0 Å². The molecule has 0 aromatic carbocycles. The predicted octanol–water partition coefficient (Wildman–Crippen LogP) is 2.23. The molecule has 1 aliphatic heterocycles. The van der Waals surface area contributed by atoms with Crippen LogP contribution in [0, 0.1) is 0 Å². The van der Waals surface area contributed by atoms with E-state index in [1.165, 1.54) is 12.3 Å². The molecule has 1 atom stereocenters. The van der Waals surface area contributed by atoms with Gasteiger partial charge in [0.1, 0.15) is 11.4 Å².